The molecule has 0 heterocycles. The monoisotopic (exact) mass is 210 g/mol. The van der Waals surface area contributed by atoms with Crippen molar-refractivity contribution in [3.05, 3.63) is 28.5 Å². The summed E-state index contributed by atoms with van der Waals surface area (Å²) in [5.41, 5.74) is 0.0971. The van der Waals surface area contributed by atoms with E-state index in [-0.39, 0.29) is 16.3 Å². The molecule has 0 aliphatic rings. The van der Waals surface area contributed by atoms with Gasteiger partial charge < -0.3 is 4.74 Å². The minimum atomic E-state index is -2.96. The molecule has 0 saturated carbocycles. The summed E-state index contributed by atoms with van der Waals surface area (Å²) in [7, 11) is 0. The summed E-state index contributed by atoms with van der Waals surface area (Å²) in [4.78, 5) is 0. The third-order valence-corrected chi connectivity index (χ3v) is 1.97. The van der Waals surface area contributed by atoms with Crippen LogP contribution >= 0.6 is 11.6 Å². The zero-order chi connectivity index (χ0) is 10.0. The molecular formula is C8H6ClF3O. The van der Waals surface area contributed by atoms with Crippen molar-refractivity contribution in [2.75, 3.05) is 0 Å². The summed E-state index contributed by atoms with van der Waals surface area (Å²) in [6.07, 6.45) is 0. The molecule has 0 amide bonds. The van der Waals surface area contributed by atoms with Gasteiger partial charge in [0.2, 0.25) is 0 Å². The summed E-state index contributed by atoms with van der Waals surface area (Å²) in [5.74, 6) is -0.762. The van der Waals surface area contributed by atoms with E-state index in [2.05, 4.69) is 4.74 Å². The molecule has 1 aromatic rings. The topological polar surface area (TPSA) is 9.23 Å². The van der Waals surface area contributed by atoms with E-state index >= 15 is 0 Å². The Bertz CT molecular complexity index is 315. The van der Waals surface area contributed by atoms with Crippen molar-refractivity contribution < 1.29 is 17.9 Å². The van der Waals surface area contributed by atoms with Crippen molar-refractivity contribution in [2.24, 2.45) is 0 Å². The minimum Gasteiger partial charge on any atom is -0.433 e. The first-order chi connectivity index (χ1) is 6.02. The quantitative estimate of drug-likeness (QED) is 0.727. The van der Waals surface area contributed by atoms with Gasteiger partial charge in [-0.15, -0.1) is 0 Å². The molecule has 0 aromatic heterocycles. The Balaban J connectivity index is 3.04. The number of hydrogen-bond acceptors (Lipinski definition) is 1. The lowest BCUT2D eigenvalue weighted by Gasteiger charge is -2.08. The maximum absolute atomic E-state index is 12.8. The van der Waals surface area contributed by atoms with Crippen LogP contribution < -0.4 is 4.74 Å². The largest absolute Gasteiger partial charge is 0.433 e. The number of ether oxygens (including phenoxy) is 1. The molecule has 0 saturated heterocycles. The fraction of sp³-hybridized carbons (Fsp3) is 0.250. The van der Waals surface area contributed by atoms with Crippen molar-refractivity contribution in [2.45, 2.75) is 13.5 Å². The molecule has 0 aliphatic heterocycles. The molecule has 0 unspecified atom stereocenters. The van der Waals surface area contributed by atoms with Crippen LogP contribution in [0, 0.1) is 12.7 Å². The van der Waals surface area contributed by atoms with E-state index in [9.17, 15) is 13.2 Å². The Hall–Kier alpha value is -0.900. The van der Waals surface area contributed by atoms with Crippen LogP contribution in [0.1, 0.15) is 5.56 Å². The van der Waals surface area contributed by atoms with Gasteiger partial charge in [0.05, 0.1) is 5.02 Å². The molecule has 0 N–H and O–H groups in total. The normalized spacial score (nSPS) is 10.6. The van der Waals surface area contributed by atoms with Crippen LogP contribution in [0.2, 0.25) is 5.02 Å². The maximum atomic E-state index is 12.8. The van der Waals surface area contributed by atoms with Crippen LogP contribution in [0.5, 0.6) is 5.75 Å². The first kappa shape index (κ1) is 10.2. The predicted octanol–water partition coefficient (Wildman–Crippen LogP) is 3.39. The fourth-order valence-electron chi connectivity index (χ4n) is 0.824. The zero-order valence-electron chi connectivity index (χ0n) is 6.65. The van der Waals surface area contributed by atoms with Gasteiger partial charge in [-0.25, -0.2) is 4.39 Å². The minimum absolute atomic E-state index is 0.0971. The van der Waals surface area contributed by atoms with Gasteiger partial charge in [-0.1, -0.05) is 11.6 Å². The molecule has 1 nitrogen and oxygen atoms in total. The van der Waals surface area contributed by atoms with Gasteiger partial charge in [0, 0.05) is 5.56 Å². The molecule has 0 fully saturated rings. The van der Waals surface area contributed by atoms with E-state index in [1.807, 2.05) is 0 Å². The summed E-state index contributed by atoms with van der Waals surface area (Å²) < 4.78 is 40.3. The Morgan fingerprint density at radius 1 is 1.38 bits per heavy atom. The van der Waals surface area contributed by atoms with Gasteiger partial charge in [-0.3, -0.25) is 0 Å². The van der Waals surface area contributed by atoms with E-state index in [0.29, 0.717) is 0 Å². The Kier molecular flexibility index (Phi) is 3.03. The summed E-state index contributed by atoms with van der Waals surface area (Å²) in [5, 5.41) is -0.125. The number of halogens is 4. The average Bonchev–Trinajstić information content (AvgIpc) is 2.06. The average molecular weight is 211 g/mol. The first-order valence-corrected chi connectivity index (χ1v) is 3.79. The van der Waals surface area contributed by atoms with Gasteiger partial charge >= 0.3 is 6.61 Å². The summed E-state index contributed by atoms with van der Waals surface area (Å²) >= 11 is 5.54. The Morgan fingerprint density at radius 2 is 2.00 bits per heavy atom. The molecule has 1 rings (SSSR count). The molecule has 5 heteroatoms. The fourth-order valence-corrected chi connectivity index (χ4v) is 1.02. The van der Waals surface area contributed by atoms with Crippen LogP contribution in [-0.2, 0) is 0 Å². The van der Waals surface area contributed by atoms with Crippen molar-refractivity contribution in [3.63, 3.8) is 0 Å². The Labute approximate surface area is 78.1 Å². The molecule has 0 spiro atoms. The standard InChI is InChI=1S/C8H6ClF3O/c1-4-5(10)2-3-6(7(4)9)13-8(11)12/h2-3,8H,1H3. The highest BCUT2D eigenvalue weighted by molar-refractivity contribution is 6.32. The smallest absolute Gasteiger partial charge is 0.387 e. The molecule has 72 valence electrons. The van der Waals surface area contributed by atoms with Gasteiger partial charge in [0.1, 0.15) is 11.6 Å². The van der Waals surface area contributed by atoms with E-state index in [1.54, 1.807) is 0 Å². The van der Waals surface area contributed by atoms with Crippen molar-refractivity contribution in [3.8, 4) is 5.75 Å². The molecule has 0 bridgehead atoms. The first-order valence-electron chi connectivity index (χ1n) is 3.41. The number of benzene rings is 1. The van der Waals surface area contributed by atoms with Crippen molar-refractivity contribution >= 4 is 11.6 Å². The SMILES string of the molecule is Cc1c(F)ccc(OC(F)F)c1Cl. The molecule has 13 heavy (non-hydrogen) atoms. The van der Waals surface area contributed by atoms with E-state index < -0.39 is 12.4 Å². The second-order valence-electron chi connectivity index (χ2n) is 2.36. The third-order valence-electron chi connectivity index (χ3n) is 1.50. The number of alkyl halides is 2. The Morgan fingerprint density at radius 3 is 2.54 bits per heavy atom. The van der Waals surface area contributed by atoms with Crippen LogP contribution in [0.25, 0.3) is 0 Å². The van der Waals surface area contributed by atoms with E-state index in [4.69, 9.17) is 11.6 Å². The third kappa shape index (κ3) is 2.28. The molecule has 0 atom stereocenters. The highest BCUT2D eigenvalue weighted by Crippen LogP contribution is 2.30. The lowest BCUT2D eigenvalue weighted by atomic mass is 10.2. The van der Waals surface area contributed by atoms with Gasteiger partial charge in [-0.2, -0.15) is 8.78 Å². The second kappa shape index (κ2) is 3.87. The van der Waals surface area contributed by atoms with Crippen LogP contribution in [0.4, 0.5) is 13.2 Å². The molecule has 1 aromatic carbocycles. The number of hydrogen-bond donors (Lipinski definition) is 0. The number of rotatable bonds is 2. The lowest BCUT2D eigenvalue weighted by molar-refractivity contribution is -0.0498. The maximum Gasteiger partial charge on any atom is 0.387 e. The summed E-state index contributed by atoms with van der Waals surface area (Å²) in [6.45, 7) is -1.57. The summed E-state index contributed by atoms with van der Waals surface area (Å²) in [6, 6.07) is 2.09. The van der Waals surface area contributed by atoms with Gasteiger partial charge in [0.25, 0.3) is 0 Å². The molecule has 0 radical (unpaired) electrons. The van der Waals surface area contributed by atoms with Crippen LogP contribution in [0.3, 0.4) is 0 Å². The van der Waals surface area contributed by atoms with Crippen molar-refractivity contribution in [1.82, 2.24) is 0 Å². The predicted molar refractivity (Wildman–Crippen MR) is 42.8 cm³/mol. The molecule has 0 aliphatic carbocycles. The van der Waals surface area contributed by atoms with E-state index in [0.717, 1.165) is 12.1 Å². The lowest BCUT2D eigenvalue weighted by Crippen LogP contribution is -2.03. The second-order valence-corrected chi connectivity index (χ2v) is 2.74. The van der Waals surface area contributed by atoms with Crippen LogP contribution in [0.15, 0.2) is 12.1 Å². The highest BCUT2D eigenvalue weighted by Gasteiger charge is 2.12. The molecular weight excluding hydrogens is 205 g/mol. The van der Waals surface area contributed by atoms with Crippen molar-refractivity contribution in [1.29, 1.82) is 0 Å². The highest BCUT2D eigenvalue weighted by atomic mass is 35.5. The van der Waals surface area contributed by atoms with Gasteiger partial charge in [-0.05, 0) is 19.1 Å². The van der Waals surface area contributed by atoms with Crippen LogP contribution in [-0.4, -0.2) is 6.61 Å². The van der Waals surface area contributed by atoms with Gasteiger partial charge in [0.15, 0.2) is 0 Å². The zero-order valence-corrected chi connectivity index (χ0v) is 7.41. The van der Waals surface area contributed by atoms with E-state index in [1.165, 1.54) is 6.92 Å².